The van der Waals surface area contributed by atoms with Gasteiger partial charge in [-0.3, -0.25) is 4.79 Å². The van der Waals surface area contributed by atoms with E-state index in [0.29, 0.717) is 6.42 Å². The molecular formula is C28H33N3O3. The molecule has 3 aromatic rings. The number of amides is 1. The number of carbonyl (C=O) groups is 1. The van der Waals surface area contributed by atoms with Gasteiger partial charge in [-0.2, -0.15) is 0 Å². The average molecular weight is 460 g/mol. The zero-order valence-corrected chi connectivity index (χ0v) is 20.0. The van der Waals surface area contributed by atoms with Crippen molar-refractivity contribution in [1.29, 1.82) is 0 Å². The number of phenolic OH excluding ortho intramolecular Hbond substituents is 1. The molecule has 6 nitrogen and oxygen atoms in total. The number of aryl methyl sites for hydroxylation is 2. The van der Waals surface area contributed by atoms with Gasteiger partial charge in [-0.05, 0) is 79.1 Å². The summed E-state index contributed by atoms with van der Waals surface area (Å²) in [6.07, 6.45) is 1.96. The molecule has 2 unspecified atom stereocenters. The summed E-state index contributed by atoms with van der Waals surface area (Å²) >= 11 is 0. The fraction of sp³-hybridized carbons (Fsp3) is 0.321. The van der Waals surface area contributed by atoms with Crippen LogP contribution in [0.4, 0.5) is 5.69 Å². The van der Waals surface area contributed by atoms with Crippen molar-refractivity contribution in [2.24, 2.45) is 5.73 Å². The summed E-state index contributed by atoms with van der Waals surface area (Å²) in [5, 5.41) is 16.4. The summed E-state index contributed by atoms with van der Waals surface area (Å²) in [6, 6.07) is 17.1. The normalized spacial score (nSPS) is 15.7. The first kappa shape index (κ1) is 23.6. The van der Waals surface area contributed by atoms with Gasteiger partial charge in [-0.1, -0.05) is 36.4 Å². The third kappa shape index (κ3) is 5.18. The van der Waals surface area contributed by atoms with E-state index in [1.54, 1.807) is 19.2 Å². The maximum Gasteiger partial charge on any atom is 0.237 e. The van der Waals surface area contributed by atoms with Crippen molar-refractivity contribution in [3.05, 3.63) is 88.0 Å². The topological polar surface area (TPSA) is 96.6 Å². The first-order valence-electron chi connectivity index (χ1n) is 11.7. The summed E-state index contributed by atoms with van der Waals surface area (Å²) < 4.78 is 5.69. The molecule has 5 N–H and O–H groups in total. The quantitative estimate of drug-likeness (QED) is 0.426. The van der Waals surface area contributed by atoms with Gasteiger partial charge in [0, 0.05) is 12.1 Å². The molecule has 0 fully saturated rings. The highest BCUT2D eigenvalue weighted by atomic mass is 16.5. The molecule has 0 aromatic heterocycles. The Balaban J connectivity index is 1.54. The number of fused-ring (bicyclic) bond motifs is 1. The molecule has 6 heteroatoms. The third-order valence-corrected chi connectivity index (χ3v) is 6.53. The molecule has 1 amide bonds. The Morgan fingerprint density at radius 1 is 1.15 bits per heavy atom. The van der Waals surface area contributed by atoms with Crippen molar-refractivity contribution in [3.63, 3.8) is 0 Å². The van der Waals surface area contributed by atoms with Gasteiger partial charge < -0.3 is 26.2 Å². The minimum absolute atomic E-state index is 0.151. The maximum atomic E-state index is 13.1. The third-order valence-electron chi connectivity index (χ3n) is 6.53. The summed E-state index contributed by atoms with van der Waals surface area (Å²) in [7, 11) is 1.67. The van der Waals surface area contributed by atoms with Crippen LogP contribution in [-0.4, -0.2) is 30.7 Å². The fourth-order valence-corrected chi connectivity index (χ4v) is 4.79. The number of nitrogens with one attached hydrogen (secondary N) is 2. The first-order valence-corrected chi connectivity index (χ1v) is 11.7. The van der Waals surface area contributed by atoms with Crippen LogP contribution in [0.25, 0.3) is 0 Å². The lowest BCUT2D eigenvalue weighted by Crippen LogP contribution is -2.44. The van der Waals surface area contributed by atoms with Crippen LogP contribution in [0.3, 0.4) is 0 Å². The molecule has 0 aliphatic carbocycles. The van der Waals surface area contributed by atoms with Crippen LogP contribution in [0, 0.1) is 13.8 Å². The standard InChI is InChI=1S/C28H33N3O3/c1-17-11-21(32)12-18(2)22(17)16-24(29)28(33)31-25-9-10-30-27-23(25)14-20(15-26(27)34-3)13-19-7-5-4-6-8-19/h4-8,11-12,14-15,24-25,30,32H,9-10,13,16,29H2,1-3H3,(H,31,33). The van der Waals surface area contributed by atoms with Gasteiger partial charge in [0.2, 0.25) is 5.91 Å². The fourth-order valence-electron chi connectivity index (χ4n) is 4.79. The number of aromatic hydroxyl groups is 1. The highest BCUT2D eigenvalue weighted by Crippen LogP contribution is 2.39. The van der Waals surface area contributed by atoms with Gasteiger partial charge >= 0.3 is 0 Å². The number of rotatable bonds is 7. The molecular weight excluding hydrogens is 426 g/mol. The van der Waals surface area contributed by atoms with Crippen molar-refractivity contribution in [2.45, 2.75) is 45.2 Å². The predicted octanol–water partition coefficient (Wildman–Crippen LogP) is 4.15. The highest BCUT2D eigenvalue weighted by Gasteiger charge is 2.27. The molecule has 0 spiro atoms. The molecule has 1 aliphatic heterocycles. The minimum atomic E-state index is -0.685. The van der Waals surface area contributed by atoms with Crippen LogP contribution in [0.2, 0.25) is 0 Å². The predicted molar refractivity (Wildman–Crippen MR) is 135 cm³/mol. The Bertz CT molecular complexity index is 1150. The SMILES string of the molecule is COc1cc(Cc2ccccc2)cc2c1NCCC2NC(=O)C(N)Cc1c(C)cc(O)cc1C. The average Bonchev–Trinajstić information content (AvgIpc) is 2.81. The summed E-state index contributed by atoms with van der Waals surface area (Å²) in [5.41, 5.74) is 13.5. The van der Waals surface area contributed by atoms with E-state index in [2.05, 4.69) is 34.9 Å². The molecule has 178 valence electrons. The Morgan fingerprint density at radius 2 is 1.85 bits per heavy atom. The molecule has 2 atom stereocenters. The number of ether oxygens (including phenoxy) is 1. The van der Waals surface area contributed by atoms with Crippen LogP contribution in [0.1, 0.15) is 45.8 Å². The van der Waals surface area contributed by atoms with Gasteiger partial charge in [-0.25, -0.2) is 0 Å². The Kier molecular flexibility index (Phi) is 7.08. The lowest BCUT2D eigenvalue weighted by Gasteiger charge is -2.30. The zero-order chi connectivity index (χ0) is 24.2. The highest BCUT2D eigenvalue weighted by molar-refractivity contribution is 5.83. The van der Waals surface area contributed by atoms with E-state index in [4.69, 9.17) is 10.5 Å². The number of benzene rings is 3. The zero-order valence-electron chi connectivity index (χ0n) is 20.0. The van der Waals surface area contributed by atoms with E-state index in [1.807, 2.05) is 32.0 Å². The molecule has 0 saturated heterocycles. The summed E-state index contributed by atoms with van der Waals surface area (Å²) in [5.74, 6) is 0.822. The summed E-state index contributed by atoms with van der Waals surface area (Å²) in [4.78, 5) is 13.1. The van der Waals surface area contributed by atoms with E-state index < -0.39 is 6.04 Å². The van der Waals surface area contributed by atoms with Crippen molar-refractivity contribution in [2.75, 3.05) is 19.0 Å². The van der Waals surface area contributed by atoms with E-state index in [9.17, 15) is 9.90 Å². The number of methoxy groups -OCH3 is 1. The molecule has 3 aromatic carbocycles. The summed E-state index contributed by atoms with van der Waals surface area (Å²) in [6.45, 7) is 4.59. The number of hydrogen-bond acceptors (Lipinski definition) is 5. The van der Waals surface area contributed by atoms with E-state index in [1.165, 1.54) is 5.56 Å². The van der Waals surface area contributed by atoms with Gasteiger partial charge in [0.15, 0.2) is 0 Å². The van der Waals surface area contributed by atoms with Gasteiger partial charge in [0.25, 0.3) is 0 Å². The second kappa shape index (κ2) is 10.2. The number of nitrogens with two attached hydrogens (primary N) is 1. The molecule has 0 saturated carbocycles. The Morgan fingerprint density at radius 3 is 2.53 bits per heavy atom. The molecule has 4 rings (SSSR count). The molecule has 0 bridgehead atoms. The van der Waals surface area contributed by atoms with E-state index >= 15 is 0 Å². The largest absolute Gasteiger partial charge is 0.508 e. The Labute approximate surface area is 201 Å². The van der Waals surface area contributed by atoms with Gasteiger partial charge in [0.1, 0.15) is 11.5 Å². The molecule has 1 aliphatic rings. The van der Waals surface area contributed by atoms with Crippen LogP contribution in [-0.2, 0) is 17.6 Å². The van der Waals surface area contributed by atoms with Crippen LogP contribution >= 0.6 is 0 Å². The lowest BCUT2D eigenvalue weighted by molar-refractivity contribution is -0.123. The van der Waals surface area contributed by atoms with Crippen LogP contribution in [0.5, 0.6) is 11.5 Å². The number of anilines is 1. The first-order chi connectivity index (χ1) is 16.4. The Hall–Kier alpha value is -3.51. The second-order valence-corrected chi connectivity index (χ2v) is 9.07. The maximum absolute atomic E-state index is 13.1. The minimum Gasteiger partial charge on any atom is -0.508 e. The number of hydrogen-bond donors (Lipinski definition) is 4. The number of phenols is 1. The van der Waals surface area contributed by atoms with Crippen molar-refractivity contribution >= 4 is 11.6 Å². The van der Waals surface area contributed by atoms with Crippen molar-refractivity contribution < 1.29 is 14.6 Å². The van der Waals surface area contributed by atoms with Gasteiger partial charge in [-0.15, -0.1) is 0 Å². The van der Waals surface area contributed by atoms with Crippen LogP contribution < -0.4 is 21.1 Å². The second-order valence-electron chi connectivity index (χ2n) is 9.07. The van der Waals surface area contributed by atoms with Gasteiger partial charge in [0.05, 0.1) is 24.9 Å². The van der Waals surface area contributed by atoms with E-state index in [0.717, 1.165) is 58.6 Å². The smallest absolute Gasteiger partial charge is 0.237 e. The van der Waals surface area contributed by atoms with Crippen molar-refractivity contribution in [1.82, 2.24) is 5.32 Å². The van der Waals surface area contributed by atoms with Crippen molar-refractivity contribution in [3.8, 4) is 11.5 Å². The lowest BCUT2D eigenvalue weighted by atomic mass is 9.92. The van der Waals surface area contributed by atoms with Crippen LogP contribution in [0.15, 0.2) is 54.6 Å². The molecule has 0 radical (unpaired) electrons. The monoisotopic (exact) mass is 459 g/mol. The number of carbonyl (C=O) groups excluding carboxylic acids is 1. The molecule has 1 heterocycles. The van der Waals surface area contributed by atoms with E-state index in [-0.39, 0.29) is 17.7 Å². The molecule has 34 heavy (non-hydrogen) atoms.